The Kier molecular flexibility index (Phi) is 49.8. The van der Waals surface area contributed by atoms with Crippen molar-refractivity contribution in [1.29, 1.82) is 0 Å². The average molecular weight is 885 g/mol. The van der Waals surface area contributed by atoms with Crippen LogP contribution in [-0.2, 0) is 28.6 Å². The van der Waals surface area contributed by atoms with E-state index in [1.807, 2.05) is 24.2 Å². The molecular weight excluding hydrogens is 785 g/mol. The van der Waals surface area contributed by atoms with Crippen molar-refractivity contribution in [3.8, 4) is 0 Å². The molecule has 0 unspecified atom stereocenters. The van der Waals surface area contributed by atoms with Gasteiger partial charge in [0.2, 0.25) is 0 Å². The number of hydrogen-bond donors (Lipinski definition) is 1. The zero-order valence-electron chi connectivity index (χ0n) is 41.6. The topological polar surface area (TPSA) is 94.2 Å². The molecule has 0 spiro atoms. The highest BCUT2D eigenvalue weighted by Crippen LogP contribution is 2.13. The summed E-state index contributed by atoms with van der Waals surface area (Å²) in [6.45, 7) is 13.4. The number of nitrogens with zero attached hydrogens (tertiary/aromatic N) is 1. The summed E-state index contributed by atoms with van der Waals surface area (Å²) >= 11 is 0. The van der Waals surface area contributed by atoms with Gasteiger partial charge in [-0.15, -0.1) is 0 Å². The standard InChI is InChI=1S/C55H100N2O6/c1-4-7-10-13-16-28-37-49-61-53(52-58)41-31-22-19-25-34-44-56-45-40-48-57(46-35-26-20-23-32-42-54(59)62-50-38-29-17-14-11-8-5-2)47-36-27-21-24-33-43-55(60)63-51-39-30-18-15-12-9-6-3/h28-30,37-39,56H,4-27,31-36,40-51H2,1-3H3/b37-28-,38-29-,39-30-. The van der Waals surface area contributed by atoms with Gasteiger partial charge in [-0.25, -0.2) is 4.79 Å². The van der Waals surface area contributed by atoms with Gasteiger partial charge in [0.05, 0.1) is 0 Å². The number of esters is 2. The Morgan fingerprint density at radius 2 is 0.778 bits per heavy atom. The minimum Gasteiger partial charge on any atom is -0.482 e. The molecule has 0 saturated heterocycles. The van der Waals surface area contributed by atoms with Crippen LogP contribution in [0, 0.1) is 0 Å². The van der Waals surface area contributed by atoms with Crippen LogP contribution in [0.1, 0.15) is 239 Å². The minimum absolute atomic E-state index is 0.0722. The van der Waals surface area contributed by atoms with E-state index in [1.54, 1.807) is 0 Å². The molecule has 0 heterocycles. The van der Waals surface area contributed by atoms with Crippen LogP contribution in [0.5, 0.6) is 0 Å². The van der Waals surface area contributed by atoms with Crippen LogP contribution in [-0.4, -0.2) is 75.3 Å². The molecule has 0 aromatic rings. The maximum Gasteiger partial charge on any atom is 0.306 e. The lowest BCUT2D eigenvalue weighted by Gasteiger charge is -2.22. The predicted octanol–water partition coefficient (Wildman–Crippen LogP) is 14.7. The van der Waals surface area contributed by atoms with Crippen molar-refractivity contribution < 1.29 is 28.6 Å². The number of rotatable bonds is 50. The Morgan fingerprint density at radius 3 is 1.24 bits per heavy atom. The maximum absolute atomic E-state index is 12.1. The van der Waals surface area contributed by atoms with Crippen molar-refractivity contribution in [3.63, 3.8) is 0 Å². The summed E-state index contributed by atoms with van der Waals surface area (Å²) in [5, 5.41) is 3.67. The van der Waals surface area contributed by atoms with E-state index in [4.69, 9.17) is 14.2 Å². The monoisotopic (exact) mass is 885 g/mol. The van der Waals surface area contributed by atoms with Gasteiger partial charge in [-0.1, -0.05) is 173 Å². The second kappa shape index (κ2) is 52.0. The molecule has 8 nitrogen and oxygen atoms in total. The molecule has 0 aromatic heterocycles. The molecule has 63 heavy (non-hydrogen) atoms. The van der Waals surface area contributed by atoms with E-state index in [0.717, 1.165) is 110 Å². The van der Waals surface area contributed by atoms with Crippen LogP contribution in [0.3, 0.4) is 0 Å². The van der Waals surface area contributed by atoms with Crippen molar-refractivity contribution in [2.24, 2.45) is 0 Å². The quantitative estimate of drug-likeness (QED) is 0.0212. The van der Waals surface area contributed by atoms with Crippen molar-refractivity contribution in [1.82, 2.24) is 10.2 Å². The summed E-state index contributed by atoms with van der Waals surface area (Å²) in [5.74, 6) is 2.32. The molecule has 0 saturated carbocycles. The number of unbranched alkanes of at least 4 members (excludes halogenated alkanes) is 24. The van der Waals surface area contributed by atoms with Gasteiger partial charge in [0.25, 0.3) is 0 Å². The fourth-order valence-corrected chi connectivity index (χ4v) is 7.58. The highest BCUT2D eigenvalue weighted by molar-refractivity contribution is 5.69. The SMILES string of the molecule is CCCCCC/C=C\COC(=O)CCCCCCCN(CCCCCCCC(=O)OC/C=C\CCCCCC)CCCNCCCCCCCC(=C=O)OC/C=C\CCCCCC. The fourth-order valence-electron chi connectivity index (χ4n) is 7.58. The molecule has 366 valence electrons. The lowest BCUT2D eigenvalue weighted by molar-refractivity contribution is -0.143. The smallest absolute Gasteiger partial charge is 0.306 e. The Bertz CT molecular complexity index is 1080. The Hall–Kier alpha value is -2.67. The van der Waals surface area contributed by atoms with Gasteiger partial charge in [-0.3, -0.25) is 9.59 Å². The largest absolute Gasteiger partial charge is 0.482 e. The number of carbonyl (C=O) groups is 2. The molecule has 0 amide bonds. The van der Waals surface area contributed by atoms with Gasteiger partial charge < -0.3 is 24.4 Å². The van der Waals surface area contributed by atoms with E-state index in [-0.39, 0.29) is 11.9 Å². The second-order valence-electron chi connectivity index (χ2n) is 17.7. The molecule has 0 atom stereocenters. The summed E-state index contributed by atoms with van der Waals surface area (Å²) in [6, 6.07) is 0. The van der Waals surface area contributed by atoms with Crippen molar-refractivity contribution >= 4 is 17.9 Å². The number of ether oxygens (including phenoxy) is 3. The third kappa shape index (κ3) is 48.6. The molecule has 0 aliphatic carbocycles. The van der Waals surface area contributed by atoms with E-state index < -0.39 is 0 Å². The number of carbonyl (C=O) groups excluding carboxylic acids is 3. The zero-order valence-corrected chi connectivity index (χ0v) is 41.6. The Morgan fingerprint density at radius 1 is 0.413 bits per heavy atom. The van der Waals surface area contributed by atoms with Crippen LogP contribution in [0.2, 0.25) is 0 Å². The van der Waals surface area contributed by atoms with Gasteiger partial charge >= 0.3 is 11.9 Å². The van der Waals surface area contributed by atoms with Gasteiger partial charge in [-0.2, -0.15) is 0 Å². The summed E-state index contributed by atoms with van der Waals surface area (Å²) in [4.78, 5) is 38.2. The van der Waals surface area contributed by atoms with Crippen LogP contribution in [0.25, 0.3) is 0 Å². The van der Waals surface area contributed by atoms with E-state index >= 15 is 0 Å². The molecule has 0 aromatic carbocycles. The highest BCUT2D eigenvalue weighted by atomic mass is 16.5. The normalized spacial score (nSPS) is 11.7. The van der Waals surface area contributed by atoms with Gasteiger partial charge in [0, 0.05) is 19.3 Å². The van der Waals surface area contributed by atoms with Gasteiger partial charge in [0.1, 0.15) is 19.8 Å². The number of allylic oxidation sites excluding steroid dienone is 4. The maximum atomic E-state index is 12.1. The number of nitrogens with one attached hydrogen (secondary N) is 1. The molecule has 0 aliphatic heterocycles. The minimum atomic E-state index is -0.0722. The first-order chi connectivity index (χ1) is 31.1. The van der Waals surface area contributed by atoms with Gasteiger partial charge in [0.15, 0.2) is 11.7 Å². The molecule has 8 heteroatoms. The fraction of sp³-hybridized carbons (Fsp3) is 0.818. The first kappa shape index (κ1) is 60.3. The van der Waals surface area contributed by atoms with Crippen LogP contribution >= 0.6 is 0 Å². The summed E-state index contributed by atoms with van der Waals surface area (Å²) in [6.07, 6.45) is 50.5. The van der Waals surface area contributed by atoms with Crippen LogP contribution in [0.15, 0.2) is 42.2 Å². The highest BCUT2D eigenvalue weighted by Gasteiger charge is 2.07. The van der Waals surface area contributed by atoms with E-state index in [9.17, 15) is 14.4 Å². The molecule has 0 bridgehead atoms. The van der Waals surface area contributed by atoms with Crippen LogP contribution < -0.4 is 5.32 Å². The zero-order chi connectivity index (χ0) is 45.8. The van der Waals surface area contributed by atoms with E-state index in [0.29, 0.717) is 44.8 Å². The van der Waals surface area contributed by atoms with E-state index in [1.165, 1.54) is 122 Å². The van der Waals surface area contributed by atoms with Gasteiger partial charge in [-0.05, 0) is 116 Å². The summed E-state index contributed by atoms with van der Waals surface area (Å²) in [5.41, 5.74) is 0. The van der Waals surface area contributed by atoms with Crippen molar-refractivity contribution in [2.45, 2.75) is 239 Å². The molecule has 0 fully saturated rings. The summed E-state index contributed by atoms with van der Waals surface area (Å²) < 4.78 is 16.4. The average Bonchev–Trinajstić information content (AvgIpc) is 3.29. The lowest BCUT2D eigenvalue weighted by atomic mass is 10.1. The van der Waals surface area contributed by atoms with Crippen LogP contribution in [0.4, 0.5) is 0 Å². The predicted molar refractivity (Wildman–Crippen MR) is 268 cm³/mol. The summed E-state index contributed by atoms with van der Waals surface area (Å²) in [7, 11) is 0. The second-order valence-corrected chi connectivity index (χ2v) is 17.7. The Labute approximate surface area is 389 Å². The van der Waals surface area contributed by atoms with Crippen molar-refractivity contribution in [2.75, 3.05) is 52.5 Å². The molecule has 0 radical (unpaired) electrons. The molecule has 0 rings (SSSR count). The lowest BCUT2D eigenvalue weighted by Crippen LogP contribution is -2.30. The first-order valence-corrected chi connectivity index (χ1v) is 26.6. The first-order valence-electron chi connectivity index (χ1n) is 26.6. The third-order valence-electron chi connectivity index (χ3n) is 11.6. The Balaban J connectivity index is 4.28. The molecular formula is C55H100N2O6. The third-order valence-corrected chi connectivity index (χ3v) is 11.6. The number of hydrogen-bond acceptors (Lipinski definition) is 8. The van der Waals surface area contributed by atoms with E-state index in [2.05, 4.69) is 49.2 Å². The molecule has 0 aliphatic rings. The molecule has 1 N–H and O–H groups in total. The van der Waals surface area contributed by atoms with Crippen molar-refractivity contribution in [3.05, 3.63) is 42.2 Å².